The van der Waals surface area contributed by atoms with Crippen molar-refractivity contribution in [1.82, 2.24) is 14.8 Å². The van der Waals surface area contributed by atoms with Crippen LogP contribution in [0.25, 0.3) is 16.6 Å². The van der Waals surface area contributed by atoms with Gasteiger partial charge in [0.15, 0.2) is 5.82 Å². The van der Waals surface area contributed by atoms with E-state index in [1.807, 2.05) is 36.5 Å². The third-order valence-electron chi connectivity index (χ3n) is 2.67. The first-order chi connectivity index (χ1) is 8.38. The summed E-state index contributed by atoms with van der Waals surface area (Å²) in [6.07, 6.45) is 5.40. The van der Waals surface area contributed by atoms with Crippen molar-refractivity contribution in [1.29, 1.82) is 0 Å². The molecule has 3 rings (SSSR count). The van der Waals surface area contributed by atoms with Crippen LogP contribution in [-0.4, -0.2) is 21.9 Å². The molecular weight excluding hydrogens is 214 g/mol. The van der Waals surface area contributed by atoms with Gasteiger partial charge in [-0.1, -0.05) is 0 Å². The van der Waals surface area contributed by atoms with E-state index in [1.165, 1.54) is 0 Å². The Kier molecular flexibility index (Phi) is 2.26. The first-order valence-electron chi connectivity index (χ1n) is 5.31. The molecule has 0 saturated carbocycles. The fraction of sp³-hybridized carbons (Fsp3) is 0.0769. The van der Waals surface area contributed by atoms with Crippen molar-refractivity contribution in [2.45, 2.75) is 0 Å². The highest BCUT2D eigenvalue weighted by Crippen LogP contribution is 2.23. The van der Waals surface area contributed by atoms with Crippen LogP contribution in [0.4, 0.5) is 0 Å². The smallest absolute Gasteiger partial charge is 0.161 e. The molecule has 0 aliphatic carbocycles. The monoisotopic (exact) mass is 225 g/mol. The SMILES string of the molecule is COc1ccc2c(-n3cccn3)nccc2c1. The van der Waals surface area contributed by atoms with Gasteiger partial charge in [-0.15, -0.1) is 0 Å². The Balaban J connectivity index is 2.27. The van der Waals surface area contributed by atoms with Gasteiger partial charge < -0.3 is 4.74 Å². The molecule has 0 aliphatic heterocycles. The van der Waals surface area contributed by atoms with Crippen molar-refractivity contribution in [2.75, 3.05) is 7.11 Å². The van der Waals surface area contributed by atoms with Crippen molar-refractivity contribution in [3.05, 3.63) is 48.9 Å². The zero-order valence-electron chi connectivity index (χ0n) is 9.37. The first-order valence-corrected chi connectivity index (χ1v) is 5.31. The lowest BCUT2D eigenvalue weighted by molar-refractivity contribution is 0.415. The van der Waals surface area contributed by atoms with E-state index in [0.29, 0.717) is 0 Å². The highest BCUT2D eigenvalue weighted by atomic mass is 16.5. The molecule has 0 radical (unpaired) electrons. The summed E-state index contributed by atoms with van der Waals surface area (Å²) in [4.78, 5) is 4.36. The van der Waals surface area contributed by atoms with E-state index in [4.69, 9.17) is 4.74 Å². The van der Waals surface area contributed by atoms with Gasteiger partial charge in [-0.2, -0.15) is 5.10 Å². The van der Waals surface area contributed by atoms with Gasteiger partial charge in [0.25, 0.3) is 0 Å². The number of hydrogen-bond acceptors (Lipinski definition) is 3. The van der Waals surface area contributed by atoms with Crippen molar-refractivity contribution >= 4 is 10.8 Å². The van der Waals surface area contributed by atoms with Gasteiger partial charge in [0, 0.05) is 24.0 Å². The average Bonchev–Trinajstić information content (AvgIpc) is 2.91. The number of ether oxygens (including phenoxy) is 1. The normalized spacial score (nSPS) is 10.6. The van der Waals surface area contributed by atoms with Crippen LogP contribution in [0.5, 0.6) is 5.75 Å². The van der Waals surface area contributed by atoms with Crippen LogP contribution >= 0.6 is 0 Å². The number of methoxy groups -OCH3 is 1. The van der Waals surface area contributed by atoms with E-state index in [2.05, 4.69) is 10.1 Å². The highest BCUT2D eigenvalue weighted by Gasteiger charge is 2.05. The van der Waals surface area contributed by atoms with Gasteiger partial charge in [0.05, 0.1) is 7.11 Å². The molecule has 0 saturated heterocycles. The minimum Gasteiger partial charge on any atom is -0.497 e. The summed E-state index contributed by atoms with van der Waals surface area (Å²) >= 11 is 0. The fourth-order valence-corrected chi connectivity index (χ4v) is 1.84. The maximum Gasteiger partial charge on any atom is 0.161 e. The Hall–Kier alpha value is -2.36. The molecule has 0 unspecified atom stereocenters. The summed E-state index contributed by atoms with van der Waals surface area (Å²) in [7, 11) is 1.66. The Bertz CT molecular complexity index is 647. The molecular formula is C13H11N3O. The van der Waals surface area contributed by atoms with E-state index in [-0.39, 0.29) is 0 Å². The zero-order chi connectivity index (χ0) is 11.7. The van der Waals surface area contributed by atoms with Crippen molar-refractivity contribution in [3.63, 3.8) is 0 Å². The van der Waals surface area contributed by atoms with Crippen molar-refractivity contribution < 1.29 is 4.74 Å². The molecule has 2 heterocycles. The Morgan fingerprint density at radius 2 is 2.12 bits per heavy atom. The van der Waals surface area contributed by atoms with Gasteiger partial charge in [0.2, 0.25) is 0 Å². The van der Waals surface area contributed by atoms with E-state index in [0.717, 1.165) is 22.3 Å². The van der Waals surface area contributed by atoms with E-state index < -0.39 is 0 Å². The molecule has 3 aromatic rings. The minimum atomic E-state index is 0.829. The molecule has 0 amide bonds. The molecule has 1 aromatic carbocycles. The zero-order valence-corrected chi connectivity index (χ0v) is 9.37. The van der Waals surface area contributed by atoms with E-state index in [9.17, 15) is 0 Å². The number of rotatable bonds is 2. The molecule has 0 bridgehead atoms. The second-order valence-electron chi connectivity index (χ2n) is 3.67. The third-order valence-corrected chi connectivity index (χ3v) is 2.67. The molecule has 4 heteroatoms. The number of hydrogen-bond donors (Lipinski definition) is 0. The van der Waals surface area contributed by atoms with Crippen LogP contribution in [0.15, 0.2) is 48.9 Å². The molecule has 0 spiro atoms. The summed E-state index contributed by atoms with van der Waals surface area (Å²) < 4.78 is 6.97. The van der Waals surface area contributed by atoms with Gasteiger partial charge in [-0.05, 0) is 35.7 Å². The summed E-state index contributed by atoms with van der Waals surface area (Å²) in [5, 5.41) is 6.34. The predicted octanol–water partition coefficient (Wildman–Crippen LogP) is 2.43. The Morgan fingerprint density at radius 1 is 1.18 bits per heavy atom. The van der Waals surface area contributed by atoms with Crippen LogP contribution < -0.4 is 4.74 Å². The number of pyridine rings is 1. The van der Waals surface area contributed by atoms with Crippen LogP contribution in [-0.2, 0) is 0 Å². The lowest BCUT2D eigenvalue weighted by Gasteiger charge is -2.06. The average molecular weight is 225 g/mol. The predicted molar refractivity (Wildman–Crippen MR) is 65.4 cm³/mol. The second kappa shape index (κ2) is 3.90. The maximum absolute atomic E-state index is 5.21. The van der Waals surface area contributed by atoms with Crippen LogP contribution in [0.2, 0.25) is 0 Å². The van der Waals surface area contributed by atoms with E-state index in [1.54, 1.807) is 24.2 Å². The summed E-state index contributed by atoms with van der Waals surface area (Å²) in [5.74, 6) is 1.67. The van der Waals surface area contributed by atoms with Gasteiger partial charge >= 0.3 is 0 Å². The van der Waals surface area contributed by atoms with Crippen molar-refractivity contribution in [3.8, 4) is 11.6 Å². The number of aromatic nitrogens is 3. The second-order valence-corrected chi connectivity index (χ2v) is 3.67. The Labute approximate surface area is 98.5 Å². The molecule has 17 heavy (non-hydrogen) atoms. The standard InChI is InChI=1S/C13H11N3O/c1-17-11-3-4-12-10(9-11)5-7-14-13(12)16-8-2-6-15-16/h2-9H,1H3. The van der Waals surface area contributed by atoms with Gasteiger partial charge in [0.1, 0.15) is 5.75 Å². The highest BCUT2D eigenvalue weighted by molar-refractivity contribution is 5.89. The summed E-state index contributed by atoms with van der Waals surface area (Å²) in [6.45, 7) is 0. The number of fused-ring (bicyclic) bond motifs is 1. The minimum absolute atomic E-state index is 0.829. The Morgan fingerprint density at radius 3 is 2.88 bits per heavy atom. The third kappa shape index (κ3) is 1.63. The first kappa shape index (κ1) is 9.84. The fourth-order valence-electron chi connectivity index (χ4n) is 1.84. The van der Waals surface area contributed by atoms with Crippen LogP contribution in [0.1, 0.15) is 0 Å². The lowest BCUT2D eigenvalue weighted by atomic mass is 10.1. The molecule has 0 aliphatic rings. The summed E-state index contributed by atoms with van der Waals surface area (Å²) in [5.41, 5.74) is 0. The number of benzene rings is 1. The van der Waals surface area contributed by atoms with Crippen LogP contribution in [0.3, 0.4) is 0 Å². The summed E-state index contributed by atoms with van der Waals surface area (Å²) in [6, 6.07) is 9.76. The largest absolute Gasteiger partial charge is 0.497 e. The maximum atomic E-state index is 5.21. The molecule has 0 N–H and O–H groups in total. The molecule has 0 atom stereocenters. The van der Waals surface area contributed by atoms with Gasteiger partial charge in [-0.3, -0.25) is 0 Å². The van der Waals surface area contributed by atoms with E-state index >= 15 is 0 Å². The molecule has 2 aromatic heterocycles. The van der Waals surface area contributed by atoms with Crippen molar-refractivity contribution in [2.24, 2.45) is 0 Å². The molecule has 0 fully saturated rings. The molecule has 4 nitrogen and oxygen atoms in total. The van der Waals surface area contributed by atoms with Gasteiger partial charge in [-0.25, -0.2) is 9.67 Å². The van der Waals surface area contributed by atoms with Crippen LogP contribution in [0, 0.1) is 0 Å². The number of nitrogens with zero attached hydrogens (tertiary/aromatic N) is 3. The quantitative estimate of drug-likeness (QED) is 0.672. The molecule has 84 valence electrons. The topological polar surface area (TPSA) is 39.9 Å². The lowest BCUT2D eigenvalue weighted by Crippen LogP contribution is -1.98.